The molecule has 1 rings (SSSR count). The monoisotopic (exact) mass is 913 g/mol. The van der Waals surface area contributed by atoms with Gasteiger partial charge in [-0.25, -0.2) is 4.57 Å². The van der Waals surface area contributed by atoms with Crippen LogP contribution in [-0.2, 0) is 27.9 Å². The molecule has 13 heteroatoms. The van der Waals surface area contributed by atoms with Crippen LogP contribution in [0.1, 0.15) is 187 Å². The number of hydrogen-bond acceptors (Lipinski definition) is 11. The van der Waals surface area contributed by atoms with E-state index in [4.69, 9.17) is 18.5 Å². The summed E-state index contributed by atoms with van der Waals surface area (Å²) in [5.74, 6) is -0.502. The molecule has 0 aromatic heterocycles. The highest BCUT2D eigenvalue weighted by Crippen LogP contribution is 2.47. The van der Waals surface area contributed by atoms with Gasteiger partial charge in [-0.3, -0.25) is 13.8 Å². The van der Waals surface area contributed by atoms with Gasteiger partial charge in [-0.15, -0.1) is 0 Å². The maximum absolute atomic E-state index is 12.8. The Morgan fingerprint density at radius 1 is 0.524 bits per heavy atom. The Kier molecular flexibility index (Phi) is 37.8. The Morgan fingerprint density at radius 2 is 0.937 bits per heavy atom. The van der Waals surface area contributed by atoms with Crippen molar-refractivity contribution in [3.8, 4) is 0 Å². The van der Waals surface area contributed by atoms with E-state index in [1.807, 2.05) is 0 Å². The zero-order valence-electron chi connectivity index (χ0n) is 39.1. The van der Waals surface area contributed by atoms with Crippen molar-refractivity contribution in [2.24, 2.45) is 0 Å². The van der Waals surface area contributed by atoms with E-state index in [9.17, 15) is 39.8 Å². The summed E-state index contributed by atoms with van der Waals surface area (Å²) in [5, 5.41) is 50.2. The van der Waals surface area contributed by atoms with Crippen LogP contribution in [0, 0.1) is 0 Å². The van der Waals surface area contributed by atoms with Gasteiger partial charge in [0.2, 0.25) is 0 Å². The lowest BCUT2D eigenvalue weighted by atomic mass is 9.85. The number of aliphatic hydroxyl groups excluding tert-OH is 5. The van der Waals surface area contributed by atoms with Crippen LogP contribution in [0.4, 0.5) is 0 Å². The Labute approximate surface area is 381 Å². The second kappa shape index (κ2) is 40.3. The summed E-state index contributed by atoms with van der Waals surface area (Å²) >= 11 is 0. The molecule has 0 saturated heterocycles. The van der Waals surface area contributed by atoms with Crippen molar-refractivity contribution in [3.05, 3.63) is 60.8 Å². The van der Waals surface area contributed by atoms with E-state index in [0.717, 1.165) is 83.5 Å². The van der Waals surface area contributed by atoms with Crippen molar-refractivity contribution in [2.45, 2.75) is 230 Å². The van der Waals surface area contributed by atoms with Gasteiger partial charge < -0.3 is 39.9 Å². The molecule has 6 unspecified atom stereocenters. The second-order valence-corrected chi connectivity index (χ2v) is 18.3. The molecule has 1 fully saturated rings. The van der Waals surface area contributed by atoms with Gasteiger partial charge in [-0.05, 0) is 77.0 Å². The molecule has 0 bridgehead atoms. The van der Waals surface area contributed by atoms with Gasteiger partial charge in [-0.1, -0.05) is 164 Å². The van der Waals surface area contributed by atoms with Crippen molar-refractivity contribution >= 4 is 13.8 Å². The van der Waals surface area contributed by atoms with E-state index in [2.05, 4.69) is 74.6 Å². The summed E-state index contributed by atoms with van der Waals surface area (Å²) in [6, 6.07) is 0. The lowest BCUT2D eigenvalue weighted by molar-refractivity contribution is -0.220. The molecule has 63 heavy (non-hydrogen) atoms. The lowest BCUT2D eigenvalue weighted by Gasteiger charge is -2.41. The van der Waals surface area contributed by atoms with Gasteiger partial charge in [0.05, 0.1) is 13.2 Å². The first-order valence-corrected chi connectivity index (χ1v) is 26.1. The highest BCUT2D eigenvalue weighted by Gasteiger charge is 2.51. The van der Waals surface area contributed by atoms with E-state index in [0.29, 0.717) is 13.0 Å². The average molecular weight is 913 g/mol. The van der Waals surface area contributed by atoms with Crippen molar-refractivity contribution in [3.63, 3.8) is 0 Å². The molecule has 366 valence electrons. The van der Waals surface area contributed by atoms with Gasteiger partial charge in [-0.2, -0.15) is 0 Å². The van der Waals surface area contributed by atoms with Crippen LogP contribution in [0.3, 0.4) is 0 Å². The lowest BCUT2D eigenvalue weighted by Crippen LogP contribution is -2.64. The Balaban J connectivity index is 2.39. The topological polar surface area (TPSA) is 192 Å². The number of allylic oxidation sites excluding steroid dienone is 10. The molecule has 0 amide bonds. The van der Waals surface area contributed by atoms with E-state index >= 15 is 0 Å². The third-order valence-corrected chi connectivity index (χ3v) is 12.1. The highest BCUT2D eigenvalue weighted by molar-refractivity contribution is 7.47. The Bertz CT molecular complexity index is 1270. The van der Waals surface area contributed by atoms with Crippen LogP contribution in [-0.4, -0.2) is 98.9 Å². The molecule has 6 atom stereocenters. The number of hydrogen-bond donors (Lipinski definition) is 6. The summed E-state index contributed by atoms with van der Waals surface area (Å²) in [6.45, 7) is 4.12. The van der Waals surface area contributed by atoms with Crippen LogP contribution in [0.2, 0.25) is 0 Å². The second-order valence-electron chi connectivity index (χ2n) is 16.9. The standard InChI is InChI=1S/C50H89O12P/c1-3-5-7-9-11-13-15-17-19-21-22-24-26-28-30-32-34-36-38-40-59-41-43(42-60-63(57,58)62-50-48(55)46(53)45(52)47(54)49(50)56)61-44(51)39-37-35-33-31-29-27-25-23-20-18-16-14-12-10-8-6-4-2/h6,8,12,14,18-21,25,27,43,45-50,52-56H,3-5,7,9-11,13,15-17,22-24,26,28-42H2,1-2H3,(H,57,58)/b8-6-,14-12-,20-18-,21-19-,27-25-. The molecule has 0 spiro atoms. The third kappa shape index (κ3) is 32.4. The normalized spacial score (nSPS) is 22.3. The highest BCUT2D eigenvalue weighted by atomic mass is 31.2. The van der Waals surface area contributed by atoms with E-state index in [1.165, 1.54) is 77.0 Å². The van der Waals surface area contributed by atoms with Crippen LogP contribution >= 0.6 is 7.82 Å². The minimum absolute atomic E-state index is 0.0909. The smallest absolute Gasteiger partial charge is 0.457 e. The van der Waals surface area contributed by atoms with Crippen molar-refractivity contribution in [2.75, 3.05) is 19.8 Å². The number of ether oxygens (including phenoxy) is 2. The van der Waals surface area contributed by atoms with Crippen LogP contribution in [0.15, 0.2) is 60.8 Å². The average Bonchev–Trinajstić information content (AvgIpc) is 3.27. The predicted octanol–water partition coefficient (Wildman–Crippen LogP) is 10.6. The van der Waals surface area contributed by atoms with Crippen molar-refractivity contribution < 1.29 is 58.3 Å². The van der Waals surface area contributed by atoms with Gasteiger partial charge in [0.25, 0.3) is 0 Å². The zero-order valence-corrected chi connectivity index (χ0v) is 40.0. The van der Waals surface area contributed by atoms with Gasteiger partial charge in [0.1, 0.15) is 42.7 Å². The Morgan fingerprint density at radius 3 is 1.44 bits per heavy atom. The molecular formula is C50H89O12P. The quantitative estimate of drug-likeness (QED) is 0.0147. The van der Waals surface area contributed by atoms with Gasteiger partial charge in [0, 0.05) is 13.0 Å². The SMILES string of the molecule is CC/C=C\C/C=C\C/C=C\C/C=C\CCCCCCC(=O)OC(COCCCCCCCCCC/C=C\CCCCCCCCC)COP(=O)(O)OC1C(O)C(O)C(O)C(O)C1O. The number of carbonyl (C=O) groups excluding carboxylic acids is 1. The van der Waals surface area contributed by atoms with Crippen LogP contribution < -0.4 is 0 Å². The summed E-state index contributed by atoms with van der Waals surface area (Å²) in [4.78, 5) is 23.2. The molecule has 0 aromatic carbocycles. The predicted molar refractivity (Wildman–Crippen MR) is 253 cm³/mol. The van der Waals surface area contributed by atoms with E-state index in [1.54, 1.807) is 0 Å². The molecule has 0 aliphatic heterocycles. The molecule has 6 N–H and O–H groups in total. The molecule has 1 aliphatic carbocycles. The molecule has 12 nitrogen and oxygen atoms in total. The molecular weight excluding hydrogens is 824 g/mol. The number of aliphatic hydroxyl groups is 5. The summed E-state index contributed by atoms with van der Waals surface area (Å²) in [7, 11) is -5.03. The fourth-order valence-corrected chi connectivity index (χ4v) is 8.20. The summed E-state index contributed by atoms with van der Waals surface area (Å²) in [6.07, 6.45) is 38.6. The minimum atomic E-state index is -5.03. The van der Waals surface area contributed by atoms with Crippen LogP contribution in [0.5, 0.6) is 0 Å². The molecule has 0 radical (unpaired) electrons. The number of esters is 1. The number of unbranched alkanes of at least 4 members (excludes halogenated alkanes) is 19. The fraction of sp³-hybridized carbons (Fsp3) is 0.780. The van der Waals surface area contributed by atoms with Gasteiger partial charge in [0.15, 0.2) is 0 Å². The first kappa shape index (κ1) is 59.1. The zero-order chi connectivity index (χ0) is 46.2. The van der Waals surface area contributed by atoms with Crippen molar-refractivity contribution in [1.82, 2.24) is 0 Å². The fourth-order valence-electron chi connectivity index (χ4n) is 7.22. The third-order valence-electron chi connectivity index (χ3n) is 11.1. The number of phosphoric acid groups is 1. The summed E-state index contributed by atoms with van der Waals surface area (Å²) < 4.78 is 34.2. The largest absolute Gasteiger partial charge is 0.472 e. The van der Waals surface area contributed by atoms with Gasteiger partial charge >= 0.3 is 13.8 Å². The first-order valence-electron chi connectivity index (χ1n) is 24.6. The number of carbonyl (C=O) groups is 1. The minimum Gasteiger partial charge on any atom is -0.457 e. The molecule has 1 aliphatic rings. The summed E-state index contributed by atoms with van der Waals surface area (Å²) in [5.41, 5.74) is 0. The number of rotatable bonds is 41. The van der Waals surface area contributed by atoms with E-state index < -0.39 is 63.1 Å². The Hall–Kier alpha value is -1.96. The van der Waals surface area contributed by atoms with Crippen molar-refractivity contribution in [1.29, 1.82) is 0 Å². The molecule has 0 aromatic rings. The maximum Gasteiger partial charge on any atom is 0.472 e. The van der Waals surface area contributed by atoms with E-state index in [-0.39, 0.29) is 13.0 Å². The molecule has 1 saturated carbocycles. The first-order chi connectivity index (χ1) is 30.5. The molecule has 0 heterocycles. The van der Waals surface area contributed by atoms with Crippen LogP contribution in [0.25, 0.3) is 0 Å². The number of phosphoric ester groups is 1. The maximum atomic E-state index is 12.8.